The Bertz CT molecular complexity index is 669. The summed E-state index contributed by atoms with van der Waals surface area (Å²) < 4.78 is 0. The lowest BCUT2D eigenvalue weighted by Crippen LogP contribution is -2.56. The zero-order valence-corrected chi connectivity index (χ0v) is 14.1. The number of carbonyl (C=O) groups is 1. The summed E-state index contributed by atoms with van der Waals surface area (Å²) in [6.45, 7) is 4.65. The van der Waals surface area contributed by atoms with Gasteiger partial charge < -0.3 is 0 Å². The van der Waals surface area contributed by atoms with Crippen molar-refractivity contribution in [3.8, 4) is 0 Å². The first kappa shape index (κ1) is 16.4. The molecule has 0 radical (unpaired) electrons. The molecule has 0 saturated carbocycles. The third-order valence-corrected chi connectivity index (χ3v) is 4.32. The van der Waals surface area contributed by atoms with Crippen LogP contribution in [0.1, 0.15) is 37.4 Å². The third-order valence-electron chi connectivity index (χ3n) is 4.32. The van der Waals surface area contributed by atoms with Crippen LogP contribution in [0.4, 0.5) is 0 Å². The van der Waals surface area contributed by atoms with Crippen LogP contribution in [-0.4, -0.2) is 29.1 Å². The zero-order chi connectivity index (χ0) is 16.9. The van der Waals surface area contributed by atoms with Crippen molar-refractivity contribution in [1.82, 2.24) is 10.3 Å². The fraction of sp³-hybridized carbons (Fsp3) is 0.300. The van der Waals surface area contributed by atoms with Gasteiger partial charge in [-0.2, -0.15) is 5.10 Å². The minimum Gasteiger partial charge on any atom is -0.281 e. The van der Waals surface area contributed by atoms with Gasteiger partial charge in [-0.15, -0.1) is 0 Å². The lowest BCUT2D eigenvalue weighted by molar-refractivity contribution is -0.132. The topological polar surface area (TPSA) is 44.7 Å². The number of hydrogen-bond acceptors (Lipinski definition) is 3. The van der Waals surface area contributed by atoms with Gasteiger partial charge in [0.25, 0.3) is 5.91 Å². The summed E-state index contributed by atoms with van der Waals surface area (Å²) in [6.07, 6.45) is 0.861. The van der Waals surface area contributed by atoms with Gasteiger partial charge in [0.2, 0.25) is 0 Å². The molecule has 0 bridgehead atoms. The summed E-state index contributed by atoms with van der Waals surface area (Å²) in [5.41, 5.74) is 5.93. The van der Waals surface area contributed by atoms with E-state index in [1.54, 1.807) is 0 Å². The number of carbonyl (C=O) groups excluding carboxylic acids is 1. The van der Waals surface area contributed by atoms with Crippen LogP contribution < -0.4 is 5.43 Å². The van der Waals surface area contributed by atoms with Crippen molar-refractivity contribution in [2.75, 3.05) is 6.54 Å². The Morgan fingerprint density at radius 3 is 2.00 bits per heavy atom. The molecular weight excluding hydrogens is 298 g/mol. The van der Waals surface area contributed by atoms with E-state index in [0.717, 1.165) is 18.7 Å². The third kappa shape index (κ3) is 3.54. The summed E-state index contributed by atoms with van der Waals surface area (Å²) in [4.78, 5) is 14.7. The van der Waals surface area contributed by atoms with Crippen LogP contribution >= 0.6 is 0 Å². The van der Waals surface area contributed by atoms with Gasteiger partial charge >= 0.3 is 0 Å². The van der Waals surface area contributed by atoms with Crippen LogP contribution in [0.15, 0.2) is 65.8 Å². The number of hydrazone groups is 1. The van der Waals surface area contributed by atoms with Crippen molar-refractivity contribution in [2.45, 2.75) is 32.4 Å². The molecule has 2 aromatic carbocycles. The van der Waals surface area contributed by atoms with Crippen LogP contribution in [0, 0.1) is 0 Å². The molecule has 1 heterocycles. The Morgan fingerprint density at radius 1 is 1.04 bits per heavy atom. The molecule has 0 unspecified atom stereocenters. The number of nitrogens with one attached hydrogen (secondary N) is 1. The average molecular weight is 321 g/mol. The smallest absolute Gasteiger partial charge is 0.257 e. The molecule has 0 aliphatic carbocycles. The quantitative estimate of drug-likeness (QED) is 0.678. The summed E-state index contributed by atoms with van der Waals surface area (Å²) >= 11 is 0. The van der Waals surface area contributed by atoms with E-state index in [4.69, 9.17) is 0 Å². The van der Waals surface area contributed by atoms with E-state index in [1.165, 1.54) is 11.1 Å². The molecule has 1 amide bonds. The minimum atomic E-state index is -0.140. The van der Waals surface area contributed by atoms with E-state index in [2.05, 4.69) is 39.7 Å². The summed E-state index contributed by atoms with van der Waals surface area (Å²) in [5, 5.41) is 4.06. The number of amides is 1. The lowest BCUT2D eigenvalue weighted by Gasteiger charge is -2.45. The van der Waals surface area contributed by atoms with Gasteiger partial charge in [0, 0.05) is 12.3 Å². The molecule has 1 aliphatic heterocycles. The molecule has 2 aromatic rings. The second-order valence-corrected chi connectivity index (χ2v) is 6.30. The number of likely N-dealkylation sites (tertiary alicyclic amines) is 1. The lowest BCUT2D eigenvalue weighted by atomic mass is 9.90. The van der Waals surface area contributed by atoms with Gasteiger partial charge in [-0.05, 0) is 31.4 Å². The van der Waals surface area contributed by atoms with Crippen molar-refractivity contribution in [2.24, 2.45) is 5.10 Å². The van der Waals surface area contributed by atoms with E-state index in [-0.39, 0.29) is 18.0 Å². The first-order chi connectivity index (χ1) is 11.7. The number of benzene rings is 2. The van der Waals surface area contributed by atoms with E-state index < -0.39 is 0 Å². The first-order valence-corrected chi connectivity index (χ1v) is 8.33. The minimum absolute atomic E-state index is 0.0284. The highest BCUT2D eigenvalue weighted by atomic mass is 16.2. The Kier molecular flexibility index (Phi) is 5.06. The van der Waals surface area contributed by atoms with Crippen molar-refractivity contribution in [3.63, 3.8) is 0 Å². The van der Waals surface area contributed by atoms with Crippen molar-refractivity contribution >= 4 is 11.6 Å². The van der Waals surface area contributed by atoms with Gasteiger partial charge in [-0.25, -0.2) is 5.43 Å². The van der Waals surface area contributed by atoms with Crippen LogP contribution in [0.3, 0.4) is 0 Å². The van der Waals surface area contributed by atoms with Crippen LogP contribution in [-0.2, 0) is 4.79 Å². The fourth-order valence-corrected chi connectivity index (χ4v) is 3.09. The molecular formula is C20H23N3O. The molecule has 1 fully saturated rings. The summed E-state index contributed by atoms with van der Waals surface area (Å²) in [7, 11) is 0. The molecule has 4 heteroatoms. The number of rotatable bonds is 5. The Balaban J connectivity index is 1.87. The summed E-state index contributed by atoms with van der Waals surface area (Å²) in [5.74, 6) is -0.0284. The molecule has 1 aliphatic rings. The number of hydrogen-bond donors (Lipinski definition) is 1. The maximum Gasteiger partial charge on any atom is 0.257 e. The Labute approximate surface area is 143 Å². The molecule has 1 atom stereocenters. The maximum absolute atomic E-state index is 12.4. The van der Waals surface area contributed by atoms with Crippen LogP contribution in [0.25, 0.3) is 0 Å². The van der Waals surface area contributed by atoms with Gasteiger partial charge in [-0.1, -0.05) is 60.7 Å². The van der Waals surface area contributed by atoms with Gasteiger partial charge in [0.1, 0.15) is 0 Å². The number of nitrogens with zero attached hydrogens (tertiary/aromatic N) is 2. The monoisotopic (exact) mass is 321 g/mol. The first-order valence-electron chi connectivity index (χ1n) is 8.33. The predicted octanol–water partition coefficient (Wildman–Crippen LogP) is 3.36. The van der Waals surface area contributed by atoms with Crippen LogP contribution in [0.5, 0.6) is 0 Å². The predicted molar refractivity (Wildman–Crippen MR) is 96.8 cm³/mol. The summed E-state index contributed by atoms with van der Waals surface area (Å²) in [6, 6.07) is 20.7. The fourth-order valence-electron chi connectivity index (χ4n) is 3.09. The van der Waals surface area contributed by atoms with Crippen molar-refractivity contribution in [3.05, 3.63) is 71.8 Å². The highest BCUT2D eigenvalue weighted by Gasteiger charge is 2.39. The Hall–Kier alpha value is -2.46. The standard InChI is InChI=1S/C20H23N3O/c1-15(2)21-22-20(24)18-13-14-23(18)19(16-9-5-3-6-10-16)17-11-7-4-8-12-17/h3-12,18-19H,13-14H2,1-2H3,(H,22,24)/t18-/m1/s1. The van der Waals surface area contributed by atoms with E-state index in [1.807, 2.05) is 50.2 Å². The van der Waals surface area contributed by atoms with Gasteiger partial charge in [0.15, 0.2) is 0 Å². The van der Waals surface area contributed by atoms with E-state index in [9.17, 15) is 4.79 Å². The van der Waals surface area contributed by atoms with E-state index in [0.29, 0.717) is 0 Å². The molecule has 4 nitrogen and oxygen atoms in total. The second-order valence-electron chi connectivity index (χ2n) is 6.30. The highest BCUT2D eigenvalue weighted by Crippen LogP contribution is 2.35. The molecule has 124 valence electrons. The molecule has 3 rings (SSSR count). The van der Waals surface area contributed by atoms with Gasteiger partial charge in [-0.3, -0.25) is 9.69 Å². The second kappa shape index (κ2) is 7.41. The van der Waals surface area contributed by atoms with Crippen molar-refractivity contribution in [1.29, 1.82) is 0 Å². The highest BCUT2D eigenvalue weighted by molar-refractivity contribution is 5.85. The zero-order valence-electron chi connectivity index (χ0n) is 14.1. The molecule has 1 saturated heterocycles. The van der Waals surface area contributed by atoms with E-state index >= 15 is 0 Å². The van der Waals surface area contributed by atoms with Crippen LogP contribution in [0.2, 0.25) is 0 Å². The average Bonchev–Trinajstić information content (AvgIpc) is 2.58. The van der Waals surface area contributed by atoms with Gasteiger partial charge in [0.05, 0.1) is 12.1 Å². The normalized spacial score (nSPS) is 17.2. The SMILES string of the molecule is CC(C)=NNC(=O)[C@H]1CCN1C(c1ccccc1)c1ccccc1. The van der Waals surface area contributed by atoms with Crippen molar-refractivity contribution < 1.29 is 4.79 Å². The molecule has 1 N–H and O–H groups in total. The molecule has 0 aromatic heterocycles. The largest absolute Gasteiger partial charge is 0.281 e. The molecule has 0 spiro atoms. The molecule has 24 heavy (non-hydrogen) atoms. The Morgan fingerprint density at radius 2 is 1.58 bits per heavy atom. The maximum atomic E-state index is 12.4.